The number of rotatable bonds is 8. The van der Waals surface area contributed by atoms with Crippen molar-refractivity contribution in [1.29, 1.82) is 0 Å². The maximum atomic E-state index is 9.63. The van der Waals surface area contributed by atoms with Crippen molar-refractivity contribution in [2.24, 2.45) is 0 Å². The smallest absolute Gasteiger partial charge is 0.161 e. The highest BCUT2D eigenvalue weighted by Crippen LogP contribution is 2.26. The number of ether oxygens (including phenoxy) is 2. The monoisotopic (exact) mass is 239 g/mol. The zero-order valence-electron chi connectivity index (χ0n) is 10.5. The van der Waals surface area contributed by atoms with Crippen LogP contribution in [-0.4, -0.2) is 37.5 Å². The molecule has 0 aliphatic rings. The van der Waals surface area contributed by atoms with Crippen molar-refractivity contribution in [1.82, 2.24) is 5.32 Å². The lowest BCUT2D eigenvalue weighted by Gasteiger charge is -2.15. The molecule has 4 nitrogen and oxygen atoms in total. The summed E-state index contributed by atoms with van der Waals surface area (Å²) in [5.41, 5.74) is 0. The van der Waals surface area contributed by atoms with Crippen LogP contribution in [0.25, 0.3) is 0 Å². The molecule has 4 heteroatoms. The number of hydrogen-bond donors (Lipinski definition) is 2. The summed E-state index contributed by atoms with van der Waals surface area (Å²) in [6.07, 6.45) is -0.510. The van der Waals surface area contributed by atoms with Crippen LogP contribution in [-0.2, 0) is 0 Å². The third kappa shape index (κ3) is 5.06. The maximum absolute atomic E-state index is 9.63. The minimum absolute atomic E-state index is 0.261. The maximum Gasteiger partial charge on any atom is 0.161 e. The zero-order valence-corrected chi connectivity index (χ0v) is 10.5. The molecule has 0 bridgehead atoms. The fraction of sp³-hybridized carbons (Fsp3) is 0.538. The number of likely N-dealkylation sites (N-methyl/N-ethyl adjacent to an activating group) is 1. The molecule has 0 aliphatic carbocycles. The highest BCUT2D eigenvalue weighted by Gasteiger charge is 2.07. The molecule has 0 amide bonds. The van der Waals surface area contributed by atoms with Gasteiger partial charge in [-0.3, -0.25) is 0 Å². The molecule has 2 N–H and O–H groups in total. The molecule has 1 atom stereocenters. The van der Waals surface area contributed by atoms with Crippen molar-refractivity contribution in [3.05, 3.63) is 24.3 Å². The van der Waals surface area contributed by atoms with Gasteiger partial charge in [-0.25, -0.2) is 0 Å². The number of aliphatic hydroxyl groups is 1. The molecule has 0 spiro atoms. The molecular formula is C13H21NO3. The third-order valence-corrected chi connectivity index (χ3v) is 2.21. The summed E-state index contributed by atoms with van der Waals surface area (Å²) in [7, 11) is 0. The molecule has 0 saturated carbocycles. The van der Waals surface area contributed by atoms with Gasteiger partial charge in [0.15, 0.2) is 11.5 Å². The van der Waals surface area contributed by atoms with Crippen LogP contribution in [0.4, 0.5) is 0 Å². The first-order valence-electron chi connectivity index (χ1n) is 6.01. The van der Waals surface area contributed by atoms with Crippen molar-refractivity contribution in [3.63, 3.8) is 0 Å². The van der Waals surface area contributed by atoms with E-state index in [2.05, 4.69) is 5.32 Å². The van der Waals surface area contributed by atoms with Crippen molar-refractivity contribution in [2.45, 2.75) is 20.0 Å². The minimum Gasteiger partial charge on any atom is -0.490 e. The van der Waals surface area contributed by atoms with Crippen LogP contribution in [0, 0.1) is 0 Å². The SMILES string of the molecule is CCNCC(O)COc1ccccc1OCC. The second kappa shape index (κ2) is 7.92. The highest BCUT2D eigenvalue weighted by atomic mass is 16.5. The van der Waals surface area contributed by atoms with Gasteiger partial charge < -0.3 is 19.9 Å². The number of benzene rings is 1. The predicted molar refractivity (Wildman–Crippen MR) is 67.7 cm³/mol. The fourth-order valence-electron chi connectivity index (χ4n) is 1.40. The van der Waals surface area contributed by atoms with Gasteiger partial charge in [0.25, 0.3) is 0 Å². The van der Waals surface area contributed by atoms with Gasteiger partial charge in [0.05, 0.1) is 6.61 Å². The van der Waals surface area contributed by atoms with Crippen molar-refractivity contribution in [3.8, 4) is 11.5 Å². The Morgan fingerprint density at radius 1 is 1.18 bits per heavy atom. The minimum atomic E-state index is -0.510. The molecule has 0 radical (unpaired) electrons. The van der Waals surface area contributed by atoms with Crippen LogP contribution >= 0.6 is 0 Å². The Morgan fingerprint density at radius 2 is 1.82 bits per heavy atom. The molecule has 0 aromatic heterocycles. The van der Waals surface area contributed by atoms with E-state index in [1.165, 1.54) is 0 Å². The third-order valence-electron chi connectivity index (χ3n) is 2.21. The van der Waals surface area contributed by atoms with Gasteiger partial charge in [0.2, 0.25) is 0 Å². The van der Waals surface area contributed by atoms with Gasteiger partial charge in [-0.05, 0) is 25.6 Å². The quantitative estimate of drug-likeness (QED) is 0.720. The van der Waals surface area contributed by atoms with E-state index in [0.29, 0.717) is 24.7 Å². The number of aliphatic hydroxyl groups excluding tert-OH is 1. The van der Waals surface area contributed by atoms with E-state index in [-0.39, 0.29) is 6.61 Å². The number of hydrogen-bond acceptors (Lipinski definition) is 4. The molecular weight excluding hydrogens is 218 g/mol. The molecule has 1 rings (SSSR count). The second-order valence-electron chi connectivity index (χ2n) is 3.65. The molecule has 0 aliphatic heterocycles. The summed E-state index contributed by atoms with van der Waals surface area (Å²) in [4.78, 5) is 0. The predicted octanol–water partition coefficient (Wildman–Crippen LogP) is 1.43. The Hall–Kier alpha value is -1.26. The topological polar surface area (TPSA) is 50.7 Å². The van der Waals surface area contributed by atoms with Gasteiger partial charge in [-0.2, -0.15) is 0 Å². The Labute approximate surface area is 103 Å². The molecule has 0 heterocycles. The lowest BCUT2D eigenvalue weighted by molar-refractivity contribution is 0.105. The van der Waals surface area contributed by atoms with Crippen molar-refractivity contribution in [2.75, 3.05) is 26.3 Å². The summed E-state index contributed by atoms with van der Waals surface area (Å²) >= 11 is 0. The molecule has 0 saturated heterocycles. The van der Waals surface area contributed by atoms with E-state index in [9.17, 15) is 5.11 Å². The van der Waals surface area contributed by atoms with E-state index in [0.717, 1.165) is 6.54 Å². The van der Waals surface area contributed by atoms with Crippen LogP contribution in [0.3, 0.4) is 0 Å². The van der Waals surface area contributed by atoms with Gasteiger partial charge in [-0.15, -0.1) is 0 Å². The summed E-state index contributed by atoms with van der Waals surface area (Å²) in [6, 6.07) is 7.47. The van der Waals surface area contributed by atoms with Crippen LogP contribution in [0.1, 0.15) is 13.8 Å². The fourth-order valence-corrected chi connectivity index (χ4v) is 1.40. The normalized spacial score (nSPS) is 12.2. The van der Waals surface area contributed by atoms with Gasteiger partial charge in [0.1, 0.15) is 12.7 Å². The first kappa shape index (κ1) is 13.8. The molecule has 1 unspecified atom stereocenters. The molecule has 1 aromatic rings. The average Bonchev–Trinajstić information content (AvgIpc) is 2.35. The summed E-state index contributed by atoms with van der Waals surface area (Å²) in [5.74, 6) is 1.38. The Bertz CT molecular complexity index is 317. The van der Waals surface area contributed by atoms with Gasteiger partial charge in [-0.1, -0.05) is 19.1 Å². The summed E-state index contributed by atoms with van der Waals surface area (Å²) in [5, 5.41) is 12.7. The van der Waals surface area contributed by atoms with Gasteiger partial charge >= 0.3 is 0 Å². The first-order valence-corrected chi connectivity index (χ1v) is 6.01. The van der Waals surface area contributed by atoms with Crippen LogP contribution < -0.4 is 14.8 Å². The molecule has 17 heavy (non-hydrogen) atoms. The standard InChI is InChI=1S/C13H21NO3/c1-3-14-9-11(15)10-17-13-8-6-5-7-12(13)16-4-2/h5-8,11,14-15H,3-4,9-10H2,1-2H3. The van der Waals surface area contributed by atoms with Crippen molar-refractivity contribution < 1.29 is 14.6 Å². The number of nitrogens with one attached hydrogen (secondary N) is 1. The Morgan fingerprint density at radius 3 is 2.41 bits per heavy atom. The van der Waals surface area contributed by atoms with E-state index in [4.69, 9.17) is 9.47 Å². The largest absolute Gasteiger partial charge is 0.490 e. The van der Waals surface area contributed by atoms with E-state index in [1.807, 2.05) is 38.1 Å². The van der Waals surface area contributed by atoms with Crippen LogP contribution in [0.15, 0.2) is 24.3 Å². The number of para-hydroxylation sites is 2. The average molecular weight is 239 g/mol. The van der Waals surface area contributed by atoms with Gasteiger partial charge in [0, 0.05) is 6.54 Å². The second-order valence-corrected chi connectivity index (χ2v) is 3.65. The summed E-state index contributed by atoms with van der Waals surface area (Å²) in [6.45, 7) is 6.16. The molecule has 96 valence electrons. The van der Waals surface area contributed by atoms with Crippen molar-refractivity contribution >= 4 is 0 Å². The lowest BCUT2D eigenvalue weighted by Crippen LogP contribution is -2.31. The summed E-state index contributed by atoms with van der Waals surface area (Å²) < 4.78 is 11.0. The molecule has 1 aromatic carbocycles. The Kier molecular flexibility index (Phi) is 6.43. The zero-order chi connectivity index (χ0) is 12.5. The van der Waals surface area contributed by atoms with E-state index >= 15 is 0 Å². The molecule has 0 fully saturated rings. The van der Waals surface area contributed by atoms with Crippen LogP contribution in [0.2, 0.25) is 0 Å². The highest BCUT2D eigenvalue weighted by molar-refractivity contribution is 5.39. The van der Waals surface area contributed by atoms with E-state index < -0.39 is 6.10 Å². The lowest BCUT2D eigenvalue weighted by atomic mass is 10.3. The first-order chi connectivity index (χ1) is 8.27. The Balaban J connectivity index is 2.44. The van der Waals surface area contributed by atoms with E-state index in [1.54, 1.807) is 0 Å². The van der Waals surface area contributed by atoms with Crippen LogP contribution in [0.5, 0.6) is 11.5 Å².